The van der Waals surface area contributed by atoms with Crippen molar-refractivity contribution in [2.45, 2.75) is 24.1 Å². The number of sulfonamides is 1. The Kier molecular flexibility index (Phi) is 7.59. The summed E-state index contributed by atoms with van der Waals surface area (Å²) in [6, 6.07) is 10.2. The van der Waals surface area contributed by atoms with E-state index < -0.39 is 27.9 Å². The van der Waals surface area contributed by atoms with Crippen LogP contribution >= 0.6 is 0 Å². The number of hydrogen-bond donors (Lipinski definition) is 1. The summed E-state index contributed by atoms with van der Waals surface area (Å²) in [5, 5.41) is 5.12. The van der Waals surface area contributed by atoms with Crippen LogP contribution in [0.5, 0.6) is 5.75 Å². The third kappa shape index (κ3) is 6.31. The maximum Gasteiger partial charge on any atom is 0.416 e. The summed E-state index contributed by atoms with van der Waals surface area (Å²) in [6.45, 7) is 6.86. The van der Waals surface area contributed by atoms with Crippen molar-refractivity contribution in [2.24, 2.45) is 5.14 Å². The van der Waals surface area contributed by atoms with Gasteiger partial charge in [-0.15, -0.1) is 0 Å². The van der Waals surface area contributed by atoms with Crippen LogP contribution in [0.4, 0.5) is 13.2 Å². The molecule has 0 saturated carbocycles. The Balaban J connectivity index is 1.89. The minimum atomic E-state index is -4.52. The Morgan fingerprint density at radius 3 is 2.50 bits per heavy atom. The van der Waals surface area contributed by atoms with Crippen molar-refractivity contribution in [1.29, 1.82) is 0 Å². The fourth-order valence-corrected chi connectivity index (χ4v) is 4.23. The molecule has 0 saturated heterocycles. The summed E-state index contributed by atoms with van der Waals surface area (Å²) in [7, 11) is -3.90. The molecule has 1 amide bonds. The van der Waals surface area contributed by atoms with Crippen molar-refractivity contribution >= 4 is 21.6 Å². The van der Waals surface area contributed by atoms with Crippen LogP contribution in [0.25, 0.3) is 0 Å². The maximum absolute atomic E-state index is 13.3. The summed E-state index contributed by atoms with van der Waals surface area (Å²) in [5.41, 5.74) is 0.302. The van der Waals surface area contributed by atoms with Crippen LogP contribution in [0.3, 0.4) is 0 Å². The second-order valence-electron chi connectivity index (χ2n) is 7.91. The molecule has 11 heteroatoms. The van der Waals surface area contributed by atoms with Gasteiger partial charge in [-0.2, -0.15) is 17.7 Å². The fourth-order valence-electron chi connectivity index (χ4n) is 3.72. The number of hydrogen-bond acceptors (Lipinski definition) is 5. The molecule has 1 heterocycles. The van der Waals surface area contributed by atoms with Crippen molar-refractivity contribution in [1.82, 2.24) is 4.90 Å². The number of nitrogens with zero attached hydrogens (tertiary/aromatic N) is 2. The number of nitrogens with two attached hydrogens (primary N) is 1. The van der Waals surface area contributed by atoms with E-state index in [4.69, 9.17) is 9.88 Å². The largest absolute Gasteiger partial charge is 0.484 e. The average molecular weight is 497 g/mol. The van der Waals surface area contributed by atoms with Crippen molar-refractivity contribution in [3.63, 3.8) is 0 Å². The molecule has 182 valence electrons. The Hall–Kier alpha value is -3.02. The Bertz CT molecular complexity index is 1210. The van der Waals surface area contributed by atoms with E-state index in [1.807, 2.05) is 4.90 Å². The summed E-state index contributed by atoms with van der Waals surface area (Å²) in [4.78, 5) is 13.9. The van der Waals surface area contributed by atoms with Crippen LogP contribution in [-0.4, -0.2) is 55.7 Å². The molecule has 2 N–H and O–H groups in total. The molecular formula is C23H25F3N3O4S+. The van der Waals surface area contributed by atoms with E-state index in [2.05, 4.69) is 6.58 Å². The van der Waals surface area contributed by atoms with Gasteiger partial charge in [-0.05, 0) is 42.0 Å². The van der Waals surface area contributed by atoms with Crippen LogP contribution in [0, 0.1) is 0 Å². The molecule has 3 rings (SSSR count). The van der Waals surface area contributed by atoms with Gasteiger partial charge in [0.1, 0.15) is 11.9 Å². The smallest absolute Gasteiger partial charge is 0.416 e. The van der Waals surface area contributed by atoms with Gasteiger partial charge < -0.3 is 4.74 Å². The molecule has 1 aliphatic heterocycles. The summed E-state index contributed by atoms with van der Waals surface area (Å²) < 4.78 is 70.5. The van der Waals surface area contributed by atoms with Crippen LogP contribution in [-0.2, 0) is 21.0 Å². The van der Waals surface area contributed by atoms with Gasteiger partial charge in [0.05, 0.1) is 23.5 Å². The van der Waals surface area contributed by atoms with Gasteiger partial charge in [0.25, 0.3) is 0 Å². The van der Waals surface area contributed by atoms with Gasteiger partial charge in [-0.1, -0.05) is 18.7 Å². The first-order valence-electron chi connectivity index (χ1n) is 10.3. The molecule has 34 heavy (non-hydrogen) atoms. The van der Waals surface area contributed by atoms with E-state index in [1.54, 1.807) is 17.6 Å². The molecule has 7 nitrogen and oxygen atoms in total. The molecule has 2 aromatic rings. The van der Waals surface area contributed by atoms with E-state index in [9.17, 15) is 26.4 Å². The number of amides is 1. The predicted octanol–water partition coefficient (Wildman–Crippen LogP) is 2.97. The maximum atomic E-state index is 13.3. The predicted molar refractivity (Wildman–Crippen MR) is 120 cm³/mol. The highest BCUT2D eigenvalue weighted by atomic mass is 32.2. The lowest BCUT2D eigenvalue weighted by molar-refractivity contribution is -0.451. The third-order valence-corrected chi connectivity index (χ3v) is 6.36. The molecule has 0 bridgehead atoms. The molecule has 0 aliphatic carbocycles. The first-order chi connectivity index (χ1) is 15.9. The van der Waals surface area contributed by atoms with Crippen LogP contribution in [0.15, 0.2) is 66.1 Å². The number of ether oxygens (including phenoxy) is 1. The quantitative estimate of drug-likeness (QED) is 0.470. The zero-order valence-corrected chi connectivity index (χ0v) is 19.3. The van der Waals surface area contributed by atoms with Gasteiger partial charge in [-0.3, -0.25) is 4.90 Å². The third-order valence-electron chi connectivity index (χ3n) is 5.43. The zero-order valence-electron chi connectivity index (χ0n) is 18.5. The highest BCUT2D eigenvalue weighted by Crippen LogP contribution is 2.32. The molecule has 1 atom stereocenters. The van der Waals surface area contributed by atoms with Crippen LogP contribution in [0.1, 0.15) is 24.2 Å². The van der Waals surface area contributed by atoms with Crippen molar-refractivity contribution in [2.75, 3.05) is 26.2 Å². The molecule has 1 unspecified atom stereocenters. The van der Waals surface area contributed by atoms with E-state index in [-0.39, 0.29) is 23.1 Å². The van der Waals surface area contributed by atoms with Crippen LogP contribution in [0.2, 0.25) is 0 Å². The molecular weight excluding hydrogens is 471 g/mol. The summed E-state index contributed by atoms with van der Waals surface area (Å²) >= 11 is 0. The second-order valence-corrected chi connectivity index (χ2v) is 9.47. The SMILES string of the molecule is C=CC(=O)[N+]1=C(C)CN(CC(Oc2ccc(S(N)(=O)=O)cc2)c2cccc(C(F)(F)F)c2)CC1. The Morgan fingerprint density at radius 2 is 1.94 bits per heavy atom. The first-order valence-corrected chi connectivity index (χ1v) is 11.9. The average Bonchev–Trinajstić information content (AvgIpc) is 2.77. The fraction of sp³-hybridized carbons (Fsp3) is 0.304. The summed E-state index contributed by atoms with van der Waals surface area (Å²) in [6.07, 6.45) is -4.07. The zero-order chi connectivity index (χ0) is 25.1. The van der Waals surface area contributed by atoms with Crippen LogP contribution < -0.4 is 9.88 Å². The van der Waals surface area contributed by atoms with Crippen molar-refractivity contribution in [3.8, 4) is 5.75 Å². The standard InChI is InChI=1S/C23H25F3N3O4S/c1-3-22(30)29-12-11-28(14-16(29)2)15-21(17-5-4-6-18(13-17)23(24,25)26)33-19-7-9-20(10-8-19)34(27,31)32/h3-10,13,21H,1,11-12,14-15H2,2H3,(H2,27,31,32)/q+1. The second kappa shape index (κ2) is 10.1. The Labute approximate surface area is 196 Å². The monoisotopic (exact) mass is 496 g/mol. The lowest BCUT2D eigenvalue weighted by Crippen LogP contribution is -2.47. The number of alkyl halides is 3. The molecule has 1 aliphatic rings. The first kappa shape index (κ1) is 25.6. The van der Waals surface area contributed by atoms with Crippen molar-refractivity contribution in [3.05, 3.63) is 72.3 Å². The highest BCUT2D eigenvalue weighted by molar-refractivity contribution is 7.89. The van der Waals surface area contributed by atoms with Gasteiger partial charge in [0.15, 0.2) is 12.3 Å². The minimum absolute atomic E-state index is 0.108. The number of halogens is 3. The van der Waals surface area contributed by atoms with E-state index in [0.717, 1.165) is 17.8 Å². The number of carbonyl (C=O) groups is 1. The summed E-state index contributed by atoms with van der Waals surface area (Å²) in [5.74, 6) is 0.0637. The molecule has 0 spiro atoms. The number of benzene rings is 2. The minimum Gasteiger partial charge on any atom is -0.484 e. The van der Waals surface area contributed by atoms with E-state index in [0.29, 0.717) is 25.2 Å². The topological polar surface area (TPSA) is 92.7 Å². The molecule has 0 aromatic heterocycles. The normalized spacial score (nSPS) is 16.3. The number of primary sulfonamides is 1. The molecule has 0 radical (unpaired) electrons. The number of rotatable bonds is 7. The van der Waals surface area contributed by atoms with E-state index in [1.165, 1.54) is 36.4 Å². The van der Waals surface area contributed by atoms with Gasteiger partial charge in [0, 0.05) is 19.5 Å². The highest BCUT2D eigenvalue weighted by Gasteiger charge is 2.32. The van der Waals surface area contributed by atoms with Gasteiger partial charge in [0.2, 0.25) is 10.0 Å². The Morgan fingerprint density at radius 1 is 1.26 bits per heavy atom. The van der Waals surface area contributed by atoms with Crippen molar-refractivity contribution < 1.29 is 35.7 Å². The lowest BCUT2D eigenvalue weighted by atomic mass is 10.0. The van der Waals surface area contributed by atoms with E-state index >= 15 is 0 Å². The lowest BCUT2D eigenvalue weighted by Gasteiger charge is -2.29. The molecule has 0 fully saturated rings. The van der Waals surface area contributed by atoms with Gasteiger partial charge >= 0.3 is 12.1 Å². The number of carbonyl (C=O) groups excluding carboxylic acids is 1. The molecule has 2 aromatic carbocycles. The van der Waals surface area contributed by atoms with Gasteiger partial charge in [-0.25, -0.2) is 18.4 Å².